The highest BCUT2D eigenvalue weighted by Gasteiger charge is 2.24. The molecule has 0 radical (unpaired) electrons. The summed E-state index contributed by atoms with van der Waals surface area (Å²) in [5.74, 6) is 2.81. The zero-order chi connectivity index (χ0) is 18.6. The van der Waals surface area contributed by atoms with Gasteiger partial charge in [-0.1, -0.05) is 18.2 Å². The van der Waals surface area contributed by atoms with Crippen LogP contribution in [-0.4, -0.2) is 32.8 Å². The molecule has 1 N–H and O–H groups in total. The van der Waals surface area contributed by atoms with E-state index in [-0.39, 0.29) is 11.8 Å². The lowest BCUT2D eigenvalue weighted by Crippen LogP contribution is -2.32. The molecule has 27 heavy (non-hydrogen) atoms. The lowest BCUT2D eigenvalue weighted by atomic mass is 9.96. The number of methoxy groups -OCH3 is 1. The maximum absolute atomic E-state index is 12.8. The number of ether oxygens (including phenoxy) is 4. The molecule has 6 heteroatoms. The van der Waals surface area contributed by atoms with Crippen LogP contribution in [-0.2, 0) is 17.8 Å². The Hall–Kier alpha value is -2.89. The van der Waals surface area contributed by atoms with Gasteiger partial charge < -0.3 is 24.3 Å². The molecular formula is C21H23NO5. The maximum atomic E-state index is 12.8. The van der Waals surface area contributed by atoms with Crippen LogP contribution in [0.25, 0.3) is 0 Å². The van der Waals surface area contributed by atoms with Gasteiger partial charge >= 0.3 is 0 Å². The van der Waals surface area contributed by atoms with E-state index in [1.54, 1.807) is 7.11 Å². The van der Waals surface area contributed by atoms with Gasteiger partial charge in [-0.25, -0.2) is 0 Å². The average molecular weight is 369 g/mol. The van der Waals surface area contributed by atoms with Crippen LogP contribution in [0.4, 0.5) is 0 Å². The van der Waals surface area contributed by atoms with Crippen LogP contribution in [0.3, 0.4) is 0 Å². The summed E-state index contributed by atoms with van der Waals surface area (Å²) in [6.45, 7) is 1.96. The molecule has 142 valence electrons. The highest BCUT2D eigenvalue weighted by molar-refractivity contribution is 5.79. The summed E-state index contributed by atoms with van der Waals surface area (Å²) >= 11 is 0. The normalized spacial score (nSPS) is 17.9. The van der Waals surface area contributed by atoms with Crippen LogP contribution in [0, 0.1) is 5.92 Å². The summed E-state index contributed by atoms with van der Waals surface area (Å²) in [5, 5.41) is 3.04. The van der Waals surface area contributed by atoms with E-state index in [1.165, 1.54) is 0 Å². The van der Waals surface area contributed by atoms with E-state index in [9.17, 15) is 4.79 Å². The van der Waals surface area contributed by atoms with Gasteiger partial charge in [0.05, 0.1) is 13.7 Å². The molecule has 6 nitrogen and oxygen atoms in total. The Morgan fingerprint density at radius 2 is 1.81 bits per heavy atom. The van der Waals surface area contributed by atoms with Gasteiger partial charge in [-0.05, 0) is 30.5 Å². The smallest absolute Gasteiger partial charge is 0.223 e. The molecule has 2 heterocycles. The number of nitrogens with one attached hydrogen (secondary N) is 1. The molecule has 1 amide bonds. The van der Waals surface area contributed by atoms with Crippen LogP contribution in [0.1, 0.15) is 17.5 Å². The summed E-state index contributed by atoms with van der Waals surface area (Å²) in [6, 6.07) is 11.6. The topological polar surface area (TPSA) is 66.0 Å². The van der Waals surface area contributed by atoms with Gasteiger partial charge in [-0.15, -0.1) is 0 Å². The Labute approximate surface area is 158 Å². The van der Waals surface area contributed by atoms with Crippen molar-refractivity contribution in [3.8, 4) is 23.0 Å². The number of carbonyl (C=O) groups excluding carboxylic acids is 1. The summed E-state index contributed by atoms with van der Waals surface area (Å²) in [6.07, 6.45) is 1.37. The Bertz CT molecular complexity index is 835. The molecule has 0 saturated heterocycles. The average Bonchev–Trinajstić information content (AvgIpc) is 2.93. The standard InChI is InChI=1S/C21H23NO5/c1-24-18-12-20-19(26-8-9-27-20)11-16(18)13-22-21(23)15-6-7-25-17-5-3-2-4-14(17)10-15/h2-5,11-12,15H,6-10,13H2,1H3,(H,22,23)/t15-/m1/s1. The van der Waals surface area contributed by atoms with Gasteiger partial charge in [0.25, 0.3) is 0 Å². The van der Waals surface area contributed by atoms with Crippen LogP contribution in [0.15, 0.2) is 36.4 Å². The van der Waals surface area contributed by atoms with Crippen molar-refractivity contribution >= 4 is 5.91 Å². The first-order chi connectivity index (χ1) is 13.2. The second kappa shape index (κ2) is 7.78. The van der Waals surface area contributed by atoms with Crippen LogP contribution >= 0.6 is 0 Å². The monoisotopic (exact) mass is 369 g/mol. The van der Waals surface area contributed by atoms with Crippen molar-refractivity contribution in [3.05, 3.63) is 47.5 Å². The van der Waals surface area contributed by atoms with Crippen molar-refractivity contribution in [2.45, 2.75) is 19.4 Å². The molecule has 2 aromatic carbocycles. The number of fused-ring (bicyclic) bond motifs is 2. The molecule has 1 atom stereocenters. The highest BCUT2D eigenvalue weighted by atomic mass is 16.6. The minimum atomic E-state index is -0.114. The fourth-order valence-corrected chi connectivity index (χ4v) is 3.48. The first-order valence-corrected chi connectivity index (χ1v) is 9.19. The van der Waals surface area contributed by atoms with Crippen molar-refractivity contribution in [1.82, 2.24) is 5.32 Å². The summed E-state index contributed by atoms with van der Waals surface area (Å²) in [7, 11) is 1.61. The number of amides is 1. The van der Waals surface area contributed by atoms with E-state index in [0.717, 1.165) is 16.9 Å². The van der Waals surface area contributed by atoms with Crippen LogP contribution in [0.2, 0.25) is 0 Å². The third-order valence-electron chi connectivity index (χ3n) is 4.93. The van der Waals surface area contributed by atoms with Crippen molar-refractivity contribution < 1.29 is 23.7 Å². The van der Waals surface area contributed by atoms with E-state index >= 15 is 0 Å². The lowest BCUT2D eigenvalue weighted by molar-refractivity contribution is -0.125. The molecule has 0 saturated carbocycles. The molecule has 0 aliphatic carbocycles. The molecule has 2 aliphatic heterocycles. The van der Waals surface area contributed by atoms with Crippen LogP contribution in [0.5, 0.6) is 23.0 Å². The second-order valence-electron chi connectivity index (χ2n) is 6.67. The fourth-order valence-electron chi connectivity index (χ4n) is 3.48. The zero-order valence-corrected chi connectivity index (χ0v) is 15.3. The highest BCUT2D eigenvalue weighted by Crippen LogP contribution is 2.36. The molecule has 0 bridgehead atoms. The predicted molar refractivity (Wildman–Crippen MR) is 99.6 cm³/mol. The molecular weight excluding hydrogens is 346 g/mol. The molecule has 2 aromatic rings. The van der Waals surface area contributed by atoms with E-state index in [2.05, 4.69) is 5.32 Å². The molecule has 0 fully saturated rings. The summed E-state index contributed by atoms with van der Waals surface area (Å²) in [4.78, 5) is 12.8. The number of hydrogen-bond donors (Lipinski definition) is 1. The van der Waals surface area contributed by atoms with E-state index < -0.39 is 0 Å². The number of para-hydroxylation sites is 1. The van der Waals surface area contributed by atoms with Crippen molar-refractivity contribution in [3.63, 3.8) is 0 Å². The fraction of sp³-hybridized carbons (Fsp3) is 0.381. The van der Waals surface area contributed by atoms with E-state index in [1.807, 2.05) is 36.4 Å². The number of hydrogen-bond acceptors (Lipinski definition) is 5. The zero-order valence-electron chi connectivity index (χ0n) is 15.3. The SMILES string of the molecule is COc1cc2c(cc1CNC(=O)[C@@H]1CCOc3ccccc3C1)OCCO2. The number of benzene rings is 2. The minimum absolute atomic E-state index is 0.0206. The molecule has 2 aliphatic rings. The Morgan fingerprint density at radius 1 is 1.07 bits per heavy atom. The second-order valence-corrected chi connectivity index (χ2v) is 6.67. The third kappa shape index (κ3) is 3.79. The number of rotatable bonds is 4. The first-order valence-electron chi connectivity index (χ1n) is 9.19. The largest absolute Gasteiger partial charge is 0.496 e. The Balaban J connectivity index is 1.45. The lowest BCUT2D eigenvalue weighted by Gasteiger charge is -2.21. The molecule has 0 spiro atoms. The summed E-state index contributed by atoms with van der Waals surface area (Å²) in [5.41, 5.74) is 1.94. The van der Waals surface area contributed by atoms with Gasteiger partial charge in [0.1, 0.15) is 24.7 Å². The van der Waals surface area contributed by atoms with Gasteiger partial charge in [-0.3, -0.25) is 4.79 Å². The number of carbonyl (C=O) groups is 1. The van der Waals surface area contributed by atoms with Crippen molar-refractivity contribution in [1.29, 1.82) is 0 Å². The van der Waals surface area contributed by atoms with Crippen molar-refractivity contribution in [2.24, 2.45) is 5.92 Å². The van der Waals surface area contributed by atoms with Gasteiger partial charge in [0, 0.05) is 24.1 Å². The first kappa shape index (κ1) is 17.5. The Morgan fingerprint density at radius 3 is 2.63 bits per heavy atom. The third-order valence-corrected chi connectivity index (χ3v) is 4.93. The minimum Gasteiger partial charge on any atom is -0.496 e. The van der Waals surface area contributed by atoms with Gasteiger partial charge in [0.2, 0.25) is 5.91 Å². The van der Waals surface area contributed by atoms with E-state index in [4.69, 9.17) is 18.9 Å². The van der Waals surface area contributed by atoms with E-state index in [0.29, 0.717) is 56.5 Å². The van der Waals surface area contributed by atoms with Crippen molar-refractivity contribution in [2.75, 3.05) is 26.9 Å². The maximum Gasteiger partial charge on any atom is 0.223 e. The Kier molecular flexibility index (Phi) is 5.05. The molecule has 0 unspecified atom stereocenters. The van der Waals surface area contributed by atoms with Gasteiger partial charge in [-0.2, -0.15) is 0 Å². The molecule has 4 rings (SSSR count). The summed E-state index contributed by atoms with van der Waals surface area (Å²) < 4.78 is 22.4. The van der Waals surface area contributed by atoms with Gasteiger partial charge in [0.15, 0.2) is 11.5 Å². The van der Waals surface area contributed by atoms with Crippen LogP contribution < -0.4 is 24.3 Å². The quantitative estimate of drug-likeness (QED) is 0.898. The predicted octanol–water partition coefficient (Wildman–Crippen LogP) is 2.72. The molecule has 0 aromatic heterocycles.